The molecule has 1 rings (SSSR count). The number of alkyl halides is 3. The number of carbonyl (C=O) groups is 2. The summed E-state index contributed by atoms with van der Waals surface area (Å²) in [6.07, 6.45) is -5.55. The summed E-state index contributed by atoms with van der Waals surface area (Å²) in [6.45, 7) is 2.89. The first kappa shape index (κ1) is 17.5. The highest BCUT2D eigenvalue weighted by Crippen LogP contribution is 2.45. The first-order valence-electron chi connectivity index (χ1n) is 6.54. The van der Waals surface area contributed by atoms with Gasteiger partial charge in [0.15, 0.2) is 5.41 Å². The molecule has 0 aromatic rings. The van der Waals surface area contributed by atoms with Gasteiger partial charge in [0.25, 0.3) is 0 Å². The van der Waals surface area contributed by atoms with Gasteiger partial charge in [-0.15, -0.1) is 0 Å². The van der Waals surface area contributed by atoms with Gasteiger partial charge in [0.05, 0.1) is 12.7 Å². The molecule has 0 radical (unpaired) electrons. The number of carbonyl (C=O) groups excluding carboxylic acids is 1. The molecule has 0 aliphatic carbocycles. The quantitative estimate of drug-likeness (QED) is 0.753. The SMILES string of the molecule is CC(C)OCCNC(=O)N1CCC(C(=O)O)(C(F)(F)F)C1. The van der Waals surface area contributed by atoms with Crippen LogP contribution >= 0.6 is 0 Å². The Bertz CT molecular complexity index is 400. The van der Waals surface area contributed by atoms with E-state index >= 15 is 0 Å². The van der Waals surface area contributed by atoms with Crippen molar-refractivity contribution in [1.82, 2.24) is 10.2 Å². The van der Waals surface area contributed by atoms with Gasteiger partial charge in [-0.2, -0.15) is 13.2 Å². The number of hydrogen-bond donors (Lipinski definition) is 2. The van der Waals surface area contributed by atoms with E-state index in [4.69, 9.17) is 9.84 Å². The van der Waals surface area contributed by atoms with Crippen molar-refractivity contribution in [3.05, 3.63) is 0 Å². The van der Waals surface area contributed by atoms with E-state index in [0.29, 0.717) is 0 Å². The Kier molecular flexibility index (Phi) is 5.43. The fraction of sp³-hybridized carbons (Fsp3) is 0.833. The molecule has 6 nitrogen and oxygen atoms in total. The van der Waals surface area contributed by atoms with Crippen molar-refractivity contribution in [2.75, 3.05) is 26.2 Å². The molecule has 1 aliphatic rings. The van der Waals surface area contributed by atoms with Crippen molar-refractivity contribution in [1.29, 1.82) is 0 Å². The van der Waals surface area contributed by atoms with Gasteiger partial charge >= 0.3 is 18.2 Å². The van der Waals surface area contributed by atoms with Gasteiger partial charge in [-0.25, -0.2) is 4.79 Å². The Morgan fingerprint density at radius 3 is 2.48 bits per heavy atom. The molecule has 1 saturated heterocycles. The maximum atomic E-state index is 12.9. The van der Waals surface area contributed by atoms with E-state index in [1.807, 2.05) is 13.8 Å². The predicted octanol–water partition coefficient (Wildman–Crippen LogP) is 1.46. The highest BCUT2D eigenvalue weighted by atomic mass is 19.4. The van der Waals surface area contributed by atoms with Crippen LogP contribution in [0.4, 0.5) is 18.0 Å². The molecule has 0 saturated carbocycles. The summed E-state index contributed by atoms with van der Waals surface area (Å²) >= 11 is 0. The number of aliphatic carboxylic acids is 1. The third-order valence-corrected chi connectivity index (χ3v) is 3.34. The Morgan fingerprint density at radius 1 is 1.43 bits per heavy atom. The zero-order valence-corrected chi connectivity index (χ0v) is 11.9. The van der Waals surface area contributed by atoms with Crippen molar-refractivity contribution in [2.45, 2.75) is 32.5 Å². The number of nitrogens with zero attached hydrogens (tertiary/aromatic N) is 1. The molecule has 1 heterocycles. The molecule has 0 aromatic carbocycles. The summed E-state index contributed by atoms with van der Waals surface area (Å²) in [5, 5.41) is 11.3. The van der Waals surface area contributed by atoms with Gasteiger partial charge < -0.3 is 20.1 Å². The number of carboxylic acids is 1. The highest BCUT2D eigenvalue weighted by Gasteiger charge is 2.64. The third-order valence-electron chi connectivity index (χ3n) is 3.34. The molecule has 1 aliphatic heterocycles. The molecular formula is C12H19F3N2O4. The second-order valence-electron chi connectivity index (χ2n) is 5.21. The minimum atomic E-state index is -4.89. The van der Waals surface area contributed by atoms with Crippen LogP contribution in [0.15, 0.2) is 0 Å². The molecule has 0 spiro atoms. The zero-order chi connectivity index (χ0) is 16.3. The second kappa shape index (κ2) is 6.50. The topological polar surface area (TPSA) is 78.9 Å². The Labute approximate surface area is 120 Å². The van der Waals surface area contributed by atoms with Gasteiger partial charge in [-0.1, -0.05) is 0 Å². The summed E-state index contributed by atoms with van der Waals surface area (Å²) in [7, 11) is 0. The highest BCUT2D eigenvalue weighted by molar-refractivity contribution is 5.80. The monoisotopic (exact) mass is 312 g/mol. The molecule has 1 fully saturated rings. The lowest BCUT2D eigenvalue weighted by atomic mass is 9.86. The second-order valence-corrected chi connectivity index (χ2v) is 5.21. The summed E-state index contributed by atoms with van der Waals surface area (Å²) in [6, 6.07) is -0.713. The number of amides is 2. The van der Waals surface area contributed by atoms with Crippen LogP contribution in [-0.4, -0.2) is 60.5 Å². The molecule has 2 N–H and O–H groups in total. The molecule has 0 aromatic heterocycles. The third kappa shape index (κ3) is 3.99. The van der Waals surface area contributed by atoms with E-state index in [1.165, 1.54) is 0 Å². The lowest BCUT2D eigenvalue weighted by Crippen LogP contribution is -2.49. The standard InChI is InChI=1S/C12H19F3N2O4/c1-8(2)21-6-4-16-10(20)17-5-3-11(7-17,9(18)19)12(13,14)15/h8H,3-7H2,1-2H3,(H,16,20)(H,18,19). The number of ether oxygens (including phenoxy) is 1. The van der Waals surface area contributed by atoms with Crippen molar-refractivity contribution in [3.63, 3.8) is 0 Å². The molecule has 9 heteroatoms. The molecule has 122 valence electrons. The fourth-order valence-electron chi connectivity index (χ4n) is 2.07. The first-order chi connectivity index (χ1) is 9.60. The van der Waals surface area contributed by atoms with Crippen LogP contribution in [0.3, 0.4) is 0 Å². The van der Waals surface area contributed by atoms with E-state index < -0.39 is 36.6 Å². The molecule has 21 heavy (non-hydrogen) atoms. The normalized spacial score (nSPS) is 22.7. The maximum absolute atomic E-state index is 12.9. The number of likely N-dealkylation sites (tertiary alicyclic amines) is 1. The largest absolute Gasteiger partial charge is 0.481 e. The van der Waals surface area contributed by atoms with Gasteiger partial charge in [0.2, 0.25) is 0 Å². The maximum Gasteiger partial charge on any atom is 0.406 e. The van der Waals surface area contributed by atoms with E-state index in [-0.39, 0.29) is 25.8 Å². The van der Waals surface area contributed by atoms with Crippen molar-refractivity contribution < 1.29 is 32.6 Å². The minimum absolute atomic E-state index is 0.0152. The number of hydrogen-bond acceptors (Lipinski definition) is 3. The van der Waals surface area contributed by atoms with Gasteiger partial charge in [-0.05, 0) is 20.3 Å². The summed E-state index contributed by atoms with van der Waals surface area (Å²) < 4.78 is 44.0. The summed E-state index contributed by atoms with van der Waals surface area (Å²) in [5.41, 5.74) is -2.88. The van der Waals surface area contributed by atoms with Gasteiger partial charge in [0, 0.05) is 19.6 Å². The Morgan fingerprint density at radius 2 is 2.05 bits per heavy atom. The molecular weight excluding hydrogens is 293 g/mol. The fourth-order valence-corrected chi connectivity index (χ4v) is 2.07. The van der Waals surface area contributed by atoms with Gasteiger partial charge in [-0.3, -0.25) is 4.79 Å². The van der Waals surface area contributed by atoms with Crippen molar-refractivity contribution in [3.8, 4) is 0 Å². The van der Waals surface area contributed by atoms with Crippen LogP contribution in [0.2, 0.25) is 0 Å². The van der Waals surface area contributed by atoms with E-state index in [9.17, 15) is 22.8 Å². The number of urea groups is 1. The predicted molar refractivity (Wildman–Crippen MR) is 66.8 cm³/mol. The lowest BCUT2D eigenvalue weighted by Gasteiger charge is -2.27. The van der Waals surface area contributed by atoms with E-state index in [2.05, 4.69) is 5.32 Å². The number of rotatable bonds is 5. The van der Waals surface area contributed by atoms with Crippen molar-refractivity contribution >= 4 is 12.0 Å². The van der Waals surface area contributed by atoms with E-state index in [1.54, 1.807) is 0 Å². The number of nitrogens with one attached hydrogen (secondary N) is 1. The molecule has 1 unspecified atom stereocenters. The molecule has 0 bridgehead atoms. The minimum Gasteiger partial charge on any atom is -0.481 e. The summed E-state index contributed by atoms with van der Waals surface area (Å²) in [4.78, 5) is 23.6. The zero-order valence-electron chi connectivity index (χ0n) is 11.9. The summed E-state index contributed by atoms with van der Waals surface area (Å²) in [5.74, 6) is -1.95. The number of carboxylic acid groups (broad SMARTS) is 1. The van der Waals surface area contributed by atoms with Crippen LogP contribution in [0.1, 0.15) is 20.3 Å². The van der Waals surface area contributed by atoms with E-state index in [0.717, 1.165) is 4.90 Å². The molecule has 1 atom stereocenters. The lowest BCUT2D eigenvalue weighted by molar-refractivity contribution is -0.226. The molecule has 2 amide bonds. The Hall–Kier alpha value is -1.51. The average molecular weight is 312 g/mol. The van der Waals surface area contributed by atoms with Crippen LogP contribution in [0.25, 0.3) is 0 Å². The first-order valence-corrected chi connectivity index (χ1v) is 6.54. The number of halogens is 3. The van der Waals surface area contributed by atoms with Crippen LogP contribution in [0.5, 0.6) is 0 Å². The van der Waals surface area contributed by atoms with Crippen LogP contribution < -0.4 is 5.32 Å². The van der Waals surface area contributed by atoms with Gasteiger partial charge in [0.1, 0.15) is 0 Å². The Balaban J connectivity index is 2.56. The van der Waals surface area contributed by atoms with Crippen LogP contribution in [0, 0.1) is 5.41 Å². The van der Waals surface area contributed by atoms with Crippen LogP contribution in [-0.2, 0) is 9.53 Å². The smallest absolute Gasteiger partial charge is 0.406 e. The van der Waals surface area contributed by atoms with Crippen molar-refractivity contribution in [2.24, 2.45) is 5.41 Å². The average Bonchev–Trinajstić information content (AvgIpc) is 2.80.